The summed E-state index contributed by atoms with van der Waals surface area (Å²) in [7, 11) is 0. The Bertz CT molecular complexity index is 1490. The molecule has 9 nitrogen and oxygen atoms in total. The molecule has 2 aliphatic heterocycles. The number of nitrogens with one attached hydrogen (secondary N) is 1. The lowest BCUT2D eigenvalue weighted by molar-refractivity contribution is -0.164. The molecule has 1 aliphatic carbocycles. The first kappa shape index (κ1) is 35.0. The molecular weight excluding hydrogens is 616 g/mol. The fourth-order valence-electron chi connectivity index (χ4n) is 7.76. The normalized spacial score (nSPS) is 23.3. The van der Waals surface area contributed by atoms with Crippen molar-refractivity contribution in [3.8, 4) is 11.8 Å². The molecule has 47 heavy (non-hydrogen) atoms. The van der Waals surface area contributed by atoms with Gasteiger partial charge in [-0.3, -0.25) is 9.69 Å². The molecule has 2 aromatic rings. The molecular formula is C37H49ClN4O5. The minimum absolute atomic E-state index is 0.101. The third kappa shape index (κ3) is 7.72. The van der Waals surface area contributed by atoms with E-state index in [1.807, 2.05) is 45.0 Å². The lowest BCUT2D eigenvalue weighted by Crippen LogP contribution is -2.74. The van der Waals surface area contributed by atoms with Gasteiger partial charge in [0, 0.05) is 61.2 Å². The third-order valence-corrected chi connectivity index (χ3v) is 10.3. The van der Waals surface area contributed by atoms with Gasteiger partial charge in [-0.2, -0.15) is 5.26 Å². The Labute approximate surface area is 284 Å². The number of morpholine rings is 1. The van der Waals surface area contributed by atoms with Crippen molar-refractivity contribution >= 4 is 23.6 Å². The molecule has 2 aromatic carbocycles. The smallest absolute Gasteiger partial charge is 0.410 e. The lowest BCUT2D eigenvalue weighted by Gasteiger charge is -2.63. The second-order valence-corrected chi connectivity index (χ2v) is 15.9. The zero-order valence-corrected chi connectivity index (χ0v) is 29.6. The summed E-state index contributed by atoms with van der Waals surface area (Å²) in [6.07, 6.45) is 2.07. The van der Waals surface area contributed by atoms with Crippen molar-refractivity contribution in [2.45, 2.75) is 91.1 Å². The van der Waals surface area contributed by atoms with Crippen LogP contribution in [0.3, 0.4) is 0 Å². The van der Waals surface area contributed by atoms with Crippen LogP contribution in [-0.4, -0.2) is 84.5 Å². The first-order chi connectivity index (χ1) is 22.0. The van der Waals surface area contributed by atoms with Gasteiger partial charge in [-0.1, -0.05) is 51.4 Å². The number of rotatable bonds is 7. The summed E-state index contributed by atoms with van der Waals surface area (Å²) in [5.74, 6) is 0.506. The van der Waals surface area contributed by atoms with Gasteiger partial charge in [-0.25, -0.2) is 4.79 Å². The second kappa shape index (κ2) is 13.3. The Morgan fingerprint density at radius 3 is 2.30 bits per heavy atom. The average Bonchev–Trinajstić information content (AvgIpc) is 3.01. The first-order valence-corrected chi connectivity index (χ1v) is 17.0. The molecule has 254 valence electrons. The number of benzene rings is 2. The van der Waals surface area contributed by atoms with Crippen LogP contribution in [0.4, 0.5) is 4.79 Å². The molecule has 0 radical (unpaired) electrons. The minimum Gasteiger partial charge on any atom is -0.489 e. The van der Waals surface area contributed by atoms with E-state index in [1.54, 1.807) is 23.1 Å². The van der Waals surface area contributed by atoms with Crippen LogP contribution in [0.15, 0.2) is 42.5 Å². The van der Waals surface area contributed by atoms with Gasteiger partial charge in [0.15, 0.2) is 0 Å². The Morgan fingerprint density at radius 1 is 1.04 bits per heavy atom. The van der Waals surface area contributed by atoms with Crippen molar-refractivity contribution in [1.29, 1.82) is 5.26 Å². The van der Waals surface area contributed by atoms with Gasteiger partial charge in [0.1, 0.15) is 23.5 Å². The van der Waals surface area contributed by atoms with E-state index in [-0.39, 0.29) is 40.6 Å². The van der Waals surface area contributed by atoms with E-state index in [2.05, 4.69) is 44.0 Å². The fourth-order valence-corrected chi connectivity index (χ4v) is 7.97. The van der Waals surface area contributed by atoms with Gasteiger partial charge in [-0.05, 0) is 69.9 Å². The van der Waals surface area contributed by atoms with Crippen LogP contribution in [0.1, 0.15) is 82.8 Å². The number of hydrogen-bond donors (Lipinski definition) is 1. The number of carbonyl (C=O) groups is 2. The monoisotopic (exact) mass is 664 g/mol. The molecule has 1 N–H and O–H groups in total. The molecule has 2 saturated heterocycles. The van der Waals surface area contributed by atoms with Gasteiger partial charge in [0.2, 0.25) is 0 Å². The van der Waals surface area contributed by atoms with Crippen LogP contribution in [0.2, 0.25) is 5.02 Å². The number of carbonyl (C=O) groups excluding carboxylic acids is 2. The number of piperidine rings is 1. The van der Waals surface area contributed by atoms with Gasteiger partial charge in [0.05, 0.1) is 22.8 Å². The highest BCUT2D eigenvalue weighted by molar-refractivity contribution is 6.31. The first-order valence-electron chi connectivity index (χ1n) is 16.6. The highest BCUT2D eigenvalue weighted by Gasteiger charge is 2.64. The largest absolute Gasteiger partial charge is 0.489 e. The van der Waals surface area contributed by atoms with Crippen molar-refractivity contribution in [1.82, 2.24) is 15.1 Å². The van der Waals surface area contributed by atoms with Gasteiger partial charge < -0.3 is 24.4 Å². The van der Waals surface area contributed by atoms with Crippen molar-refractivity contribution in [3.05, 3.63) is 64.2 Å². The predicted molar refractivity (Wildman–Crippen MR) is 182 cm³/mol. The Morgan fingerprint density at radius 2 is 1.70 bits per heavy atom. The average molecular weight is 665 g/mol. The number of likely N-dealkylation sites (tertiary alicyclic amines) is 1. The predicted octanol–water partition coefficient (Wildman–Crippen LogP) is 6.47. The van der Waals surface area contributed by atoms with Crippen LogP contribution >= 0.6 is 11.6 Å². The van der Waals surface area contributed by atoms with Crippen LogP contribution < -0.4 is 10.1 Å². The van der Waals surface area contributed by atoms with Crippen LogP contribution in [0, 0.1) is 22.2 Å². The van der Waals surface area contributed by atoms with E-state index in [0.29, 0.717) is 41.6 Å². The van der Waals surface area contributed by atoms with Crippen molar-refractivity contribution in [2.75, 3.05) is 39.3 Å². The standard InChI is InChI=1S/C37H49ClN4O5/c1-34(2,3)47-33(44)42-18-15-37(16-19-42)24-41(20-21-45-37)17-14-25-8-10-26(11-9-25)30(43)40-31-35(4,5)32(36(31,6)7)46-28-13-12-27(23-39)29(38)22-28/h8-13,22,31-32H,14-21,24H2,1-7H3,(H,40,43). The molecule has 1 saturated carbocycles. The molecule has 0 unspecified atom stereocenters. The minimum atomic E-state index is -0.499. The number of hydrogen-bond acceptors (Lipinski definition) is 7. The van der Waals surface area contributed by atoms with Crippen molar-refractivity contribution < 1.29 is 23.8 Å². The van der Waals surface area contributed by atoms with E-state index in [1.165, 1.54) is 5.56 Å². The highest BCUT2D eigenvalue weighted by atomic mass is 35.5. The zero-order chi connectivity index (χ0) is 34.2. The summed E-state index contributed by atoms with van der Waals surface area (Å²) in [6, 6.07) is 15.0. The molecule has 3 fully saturated rings. The molecule has 0 bridgehead atoms. The number of nitriles is 1. The maximum atomic E-state index is 13.4. The summed E-state index contributed by atoms with van der Waals surface area (Å²) in [5.41, 5.74) is 0.835. The molecule has 0 aromatic heterocycles. The van der Waals surface area contributed by atoms with Crippen LogP contribution in [-0.2, 0) is 15.9 Å². The number of halogens is 1. The lowest BCUT2D eigenvalue weighted by atomic mass is 9.49. The van der Waals surface area contributed by atoms with Crippen molar-refractivity contribution in [2.24, 2.45) is 10.8 Å². The van der Waals surface area contributed by atoms with Gasteiger partial charge in [-0.15, -0.1) is 0 Å². The molecule has 2 heterocycles. The maximum Gasteiger partial charge on any atom is 0.410 e. The van der Waals surface area contributed by atoms with Crippen LogP contribution in [0.25, 0.3) is 0 Å². The van der Waals surface area contributed by atoms with Crippen molar-refractivity contribution in [3.63, 3.8) is 0 Å². The molecule has 3 aliphatic rings. The molecule has 2 amide bonds. The second-order valence-electron chi connectivity index (χ2n) is 15.5. The van der Waals surface area contributed by atoms with E-state index < -0.39 is 5.60 Å². The molecule has 5 rings (SSSR count). The summed E-state index contributed by atoms with van der Waals surface area (Å²) in [4.78, 5) is 30.1. The SMILES string of the molecule is CC(C)(C)OC(=O)N1CCC2(CC1)CN(CCc1ccc(C(=O)NC3C(C)(C)C(Oc4ccc(C#N)c(Cl)c4)C3(C)C)cc1)CCO2. The maximum absolute atomic E-state index is 13.4. The Hall–Kier alpha value is -3.32. The van der Waals surface area contributed by atoms with Crippen LogP contribution in [0.5, 0.6) is 5.75 Å². The topological polar surface area (TPSA) is 104 Å². The van der Waals surface area contributed by atoms with Gasteiger partial charge >= 0.3 is 6.09 Å². The van der Waals surface area contributed by atoms with E-state index in [9.17, 15) is 14.9 Å². The number of amides is 2. The zero-order valence-electron chi connectivity index (χ0n) is 28.8. The Balaban J connectivity index is 1.11. The van der Waals surface area contributed by atoms with Gasteiger partial charge in [0.25, 0.3) is 5.91 Å². The van der Waals surface area contributed by atoms with E-state index in [4.69, 9.17) is 25.8 Å². The molecule has 0 atom stereocenters. The number of ether oxygens (including phenoxy) is 3. The summed E-state index contributed by atoms with van der Waals surface area (Å²) in [6.45, 7) is 18.7. The molecule has 1 spiro atoms. The summed E-state index contributed by atoms with van der Waals surface area (Å²) >= 11 is 6.23. The summed E-state index contributed by atoms with van der Waals surface area (Å²) < 4.78 is 18.2. The molecule has 10 heteroatoms. The fraction of sp³-hybridized carbons (Fsp3) is 0.595. The highest BCUT2D eigenvalue weighted by Crippen LogP contribution is 2.55. The Kier molecular flexibility index (Phi) is 9.90. The summed E-state index contributed by atoms with van der Waals surface area (Å²) in [5, 5.41) is 12.8. The van der Waals surface area contributed by atoms with E-state index >= 15 is 0 Å². The third-order valence-electron chi connectivity index (χ3n) is 10.0. The number of nitrogens with zero attached hydrogens (tertiary/aromatic N) is 3. The quantitative estimate of drug-likeness (QED) is 0.362. The van der Waals surface area contributed by atoms with E-state index in [0.717, 1.165) is 38.9 Å².